The highest BCUT2D eigenvalue weighted by Gasteiger charge is 2.34. The zero-order chi connectivity index (χ0) is 9.84. The van der Waals surface area contributed by atoms with Crippen molar-refractivity contribution in [3.63, 3.8) is 0 Å². The van der Waals surface area contributed by atoms with Crippen LogP contribution >= 0.6 is 0 Å². The molecule has 0 unspecified atom stereocenters. The van der Waals surface area contributed by atoms with Crippen molar-refractivity contribution in [1.29, 1.82) is 5.26 Å². The number of nitriles is 1. The SMILES string of the molecule is CN1C(=O)CC[C@H]1C(=O)OCC#N. The predicted molar refractivity (Wildman–Crippen MR) is 42.4 cm³/mol. The Hall–Kier alpha value is -1.57. The summed E-state index contributed by atoms with van der Waals surface area (Å²) in [5.41, 5.74) is 0. The van der Waals surface area contributed by atoms with Gasteiger partial charge in [0.05, 0.1) is 0 Å². The molecule has 13 heavy (non-hydrogen) atoms. The Labute approximate surface area is 75.9 Å². The van der Waals surface area contributed by atoms with Gasteiger partial charge in [-0.15, -0.1) is 0 Å². The highest BCUT2D eigenvalue weighted by Crippen LogP contribution is 2.17. The summed E-state index contributed by atoms with van der Waals surface area (Å²) < 4.78 is 4.60. The van der Waals surface area contributed by atoms with E-state index in [9.17, 15) is 9.59 Å². The first-order valence-electron chi connectivity index (χ1n) is 3.96. The van der Waals surface area contributed by atoms with Crippen LogP contribution in [0.1, 0.15) is 12.8 Å². The molecule has 5 nitrogen and oxygen atoms in total. The molecule has 1 fully saturated rings. The van der Waals surface area contributed by atoms with Crippen LogP contribution in [0.2, 0.25) is 0 Å². The number of hydrogen-bond acceptors (Lipinski definition) is 4. The second kappa shape index (κ2) is 3.90. The van der Waals surface area contributed by atoms with E-state index in [1.54, 1.807) is 13.1 Å². The average molecular weight is 182 g/mol. The van der Waals surface area contributed by atoms with Gasteiger partial charge in [-0.05, 0) is 6.42 Å². The van der Waals surface area contributed by atoms with E-state index in [0.717, 1.165) is 0 Å². The topological polar surface area (TPSA) is 70.4 Å². The van der Waals surface area contributed by atoms with Gasteiger partial charge in [0.15, 0.2) is 6.61 Å². The minimum atomic E-state index is -0.499. The standard InChI is InChI=1S/C8H10N2O3/c1-10-6(2-3-7(10)11)8(12)13-5-4-9/h6H,2-3,5H2,1H3/t6-/m0/s1. The highest BCUT2D eigenvalue weighted by atomic mass is 16.5. The molecule has 5 heteroatoms. The second-order valence-electron chi connectivity index (χ2n) is 2.82. The number of likely N-dealkylation sites (tertiary alicyclic amines) is 1. The Morgan fingerprint density at radius 3 is 3.00 bits per heavy atom. The summed E-state index contributed by atoms with van der Waals surface area (Å²) in [6.07, 6.45) is 0.864. The van der Waals surface area contributed by atoms with Gasteiger partial charge in [-0.1, -0.05) is 0 Å². The quantitative estimate of drug-likeness (QED) is 0.548. The first kappa shape index (κ1) is 9.52. The number of esters is 1. The molecule has 70 valence electrons. The van der Waals surface area contributed by atoms with Crippen molar-refractivity contribution in [2.24, 2.45) is 0 Å². The molecule has 0 N–H and O–H groups in total. The van der Waals surface area contributed by atoms with Crippen LogP contribution in [0.15, 0.2) is 0 Å². The third-order valence-corrected chi connectivity index (χ3v) is 2.04. The van der Waals surface area contributed by atoms with Crippen molar-refractivity contribution >= 4 is 11.9 Å². The maximum absolute atomic E-state index is 11.2. The van der Waals surface area contributed by atoms with E-state index in [4.69, 9.17) is 5.26 Å². The van der Waals surface area contributed by atoms with Gasteiger partial charge < -0.3 is 9.64 Å². The van der Waals surface area contributed by atoms with Crippen molar-refractivity contribution in [3.8, 4) is 6.07 Å². The Balaban J connectivity index is 2.49. The fraction of sp³-hybridized carbons (Fsp3) is 0.625. The molecule has 0 radical (unpaired) electrons. The average Bonchev–Trinajstić information content (AvgIpc) is 2.44. The van der Waals surface area contributed by atoms with Crippen LogP contribution in [0.25, 0.3) is 0 Å². The summed E-state index contributed by atoms with van der Waals surface area (Å²) >= 11 is 0. The van der Waals surface area contributed by atoms with E-state index in [1.807, 2.05) is 0 Å². The highest BCUT2D eigenvalue weighted by molar-refractivity contribution is 5.87. The lowest BCUT2D eigenvalue weighted by Gasteiger charge is -2.16. The third kappa shape index (κ3) is 1.96. The van der Waals surface area contributed by atoms with Crippen LogP contribution in [-0.2, 0) is 14.3 Å². The lowest BCUT2D eigenvalue weighted by atomic mass is 10.2. The van der Waals surface area contributed by atoms with Gasteiger partial charge in [0.2, 0.25) is 5.91 Å². The minimum Gasteiger partial charge on any atom is -0.449 e. The number of rotatable bonds is 2. The number of carbonyl (C=O) groups is 2. The van der Waals surface area contributed by atoms with Crippen molar-refractivity contribution in [3.05, 3.63) is 0 Å². The Bertz CT molecular complexity index is 269. The van der Waals surface area contributed by atoms with E-state index in [1.165, 1.54) is 4.90 Å². The van der Waals surface area contributed by atoms with Crippen molar-refractivity contribution in [2.45, 2.75) is 18.9 Å². The Morgan fingerprint density at radius 2 is 2.54 bits per heavy atom. The fourth-order valence-corrected chi connectivity index (χ4v) is 1.28. The zero-order valence-electron chi connectivity index (χ0n) is 7.32. The molecule has 1 rings (SSSR count). The Morgan fingerprint density at radius 1 is 1.85 bits per heavy atom. The molecule has 1 aliphatic heterocycles. The van der Waals surface area contributed by atoms with Gasteiger partial charge in [-0.3, -0.25) is 4.79 Å². The number of ether oxygens (including phenoxy) is 1. The molecule has 0 spiro atoms. The molecule has 0 aliphatic carbocycles. The fourth-order valence-electron chi connectivity index (χ4n) is 1.28. The van der Waals surface area contributed by atoms with E-state index < -0.39 is 12.0 Å². The van der Waals surface area contributed by atoms with Gasteiger partial charge in [-0.2, -0.15) is 5.26 Å². The molecule has 1 heterocycles. The molecule has 1 aliphatic rings. The molecule has 0 saturated carbocycles. The molecule has 0 aromatic carbocycles. The van der Waals surface area contributed by atoms with E-state index in [-0.39, 0.29) is 12.5 Å². The van der Waals surface area contributed by atoms with Gasteiger partial charge >= 0.3 is 5.97 Å². The molecule has 1 saturated heterocycles. The monoisotopic (exact) mass is 182 g/mol. The summed E-state index contributed by atoms with van der Waals surface area (Å²) in [7, 11) is 1.56. The van der Waals surface area contributed by atoms with E-state index in [0.29, 0.717) is 12.8 Å². The molecule has 0 bridgehead atoms. The summed E-state index contributed by atoms with van der Waals surface area (Å²) in [5, 5.41) is 8.17. The number of carbonyl (C=O) groups excluding carboxylic acids is 2. The lowest BCUT2D eigenvalue weighted by Crippen LogP contribution is -2.36. The van der Waals surface area contributed by atoms with Crippen LogP contribution < -0.4 is 0 Å². The van der Waals surface area contributed by atoms with Crippen LogP contribution in [0.5, 0.6) is 0 Å². The summed E-state index contributed by atoms with van der Waals surface area (Å²) in [4.78, 5) is 23.6. The van der Waals surface area contributed by atoms with Gasteiger partial charge in [0.25, 0.3) is 0 Å². The third-order valence-electron chi connectivity index (χ3n) is 2.04. The van der Waals surface area contributed by atoms with E-state index >= 15 is 0 Å². The van der Waals surface area contributed by atoms with Gasteiger partial charge in [0, 0.05) is 13.5 Å². The summed E-state index contributed by atoms with van der Waals surface area (Å²) in [6.45, 7) is -0.253. The lowest BCUT2D eigenvalue weighted by molar-refractivity contribution is -0.149. The summed E-state index contributed by atoms with van der Waals surface area (Å²) in [6, 6.07) is 1.20. The van der Waals surface area contributed by atoms with Crippen LogP contribution in [-0.4, -0.2) is 36.5 Å². The number of amides is 1. The number of likely N-dealkylation sites (N-methyl/N-ethyl adjacent to an activating group) is 1. The normalized spacial score (nSPS) is 21.4. The van der Waals surface area contributed by atoms with E-state index in [2.05, 4.69) is 4.74 Å². The smallest absolute Gasteiger partial charge is 0.329 e. The van der Waals surface area contributed by atoms with Crippen LogP contribution in [0, 0.1) is 11.3 Å². The van der Waals surface area contributed by atoms with Gasteiger partial charge in [0.1, 0.15) is 12.1 Å². The first-order chi connectivity index (χ1) is 6.16. The zero-order valence-corrected chi connectivity index (χ0v) is 7.32. The molecule has 0 aromatic heterocycles. The van der Waals surface area contributed by atoms with Crippen molar-refractivity contribution in [1.82, 2.24) is 4.90 Å². The number of nitrogens with zero attached hydrogens (tertiary/aromatic N) is 2. The molecule has 1 amide bonds. The molecular weight excluding hydrogens is 172 g/mol. The minimum absolute atomic E-state index is 0.0566. The second-order valence-corrected chi connectivity index (χ2v) is 2.82. The predicted octanol–water partition coefficient (Wildman–Crippen LogP) is -0.326. The molecular formula is C8H10N2O3. The first-order valence-corrected chi connectivity index (χ1v) is 3.96. The van der Waals surface area contributed by atoms with Crippen LogP contribution in [0.3, 0.4) is 0 Å². The van der Waals surface area contributed by atoms with Crippen LogP contribution in [0.4, 0.5) is 0 Å². The Kier molecular flexibility index (Phi) is 2.85. The number of hydrogen-bond donors (Lipinski definition) is 0. The van der Waals surface area contributed by atoms with Crippen molar-refractivity contribution < 1.29 is 14.3 Å². The molecule has 1 atom stereocenters. The molecule has 0 aromatic rings. The maximum atomic E-state index is 11.2. The van der Waals surface area contributed by atoms with Crippen molar-refractivity contribution in [2.75, 3.05) is 13.7 Å². The maximum Gasteiger partial charge on any atom is 0.329 e. The summed E-state index contributed by atoms with van der Waals surface area (Å²) in [5.74, 6) is -0.547. The largest absolute Gasteiger partial charge is 0.449 e. The van der Waals surface area contributed by atoms with Gasteiger partial charge in [-0.25, -0.2) is 4.79 Å².